The molecule has 1 heterocycles. The lowest BCUT2D eigenvalue weighted by Gasteiger charge is -2.33. The van der Waals surface area contributed by atoms with Crippen molar-refractivity contribution in [2.75, 3.05) is 0 Å². The van der Waals surface area contributed by atoms with Gasteiger partial charge >= 0.3 is 0 Å². The Kier molecular flexibility index (Phi) is 2.32. The van der Waals surface area contributed by atoms with E-state index < -0.39 is 0 Å². The largest absolute Gasteiger partial charge is 0.143 e. The van der Waals surface area contributed by atoms with Crippen LogP contribution in [0.5, 0.6) is 0 Å². The summed E-state index contributed by atoms with van der Waals surface area (Å²) in [5.41, 5.74) is -0.386. The molecule has 2 heteroatoms. The van der Waals surface area contributed by atoms with Crippen molar-refractivity contribution >= 4 is 0 Å². The van der Waals surface area contributed by atoms with Crippen molar-refractivity contribution in [3.05, 3.63) is 12.7 Å². The number of nitrogens with zero attached hydrogens (tertiary/aromatic N) is 1. The molecule has 1 atom stereocenters. The summed E-state index contributed by atoms with van der Waals surface area (Å²) in [7, 11) is 0. The second-order valence-corrected chi connectivity index (χ2v) is 4.60. The van der Waals surface area contributed by atoms with Gasteiger partial charge in [0.25, 0.3) is 0 Å². The smallest absolute Gasteiger partial charge is 0.0506 e. The normalized spacial score (nSPS) is 35.3. The van der Waals surface area contributed by atoms with Crippen LogP contribution in [0.1, 0.15) is 40.0 Å². The van der Waals surface area contributed by atoms with Gasteiger partial charge in [-0.25, -0.2) is 0 Å². The molecular formula is C10H18NO. The van der Waals surface area contributed by atoms with Gasteiger partial charge in [-0.2, -0.15) is 0 Å². The minimum atomic E-state index is -0.203. The van der Waals surface area contributed by atoms with Crippen molar-refractivity contribution in [1.29, 1.82) is 0 Å². The van der Waals surface area contributed by atoms with Crippen LogP contribution in [0, 0.1) is 0 Å². The molecular weight excluding hydrogens is 150 g/mol. The highest BCUT2D eigenvalue weighted by Crippen LogP contribution is 2.41. The van der Waals surface area contributed by atoms with Gasteiger partial charge in [0.2, 0.25) is 0 Å². The van der Waals surface area contributed by atoms with Crippen LogP contribution in [0.4, 0.5) is 0 Å². The van der Waals surface area contributed by atoms with E-state index in [-0.39, 0.29) is 11.1 Å². The van der Waals surface area contributed by atoms with Crippen molar-refractivity contribution in [2.24, 2.45) is 0 Å². The minimum absolute atomic E-state index is 0.183. The van der Waals surface area contributed by atoms with Crippen LogP contribution in [0.25, 0.3) is 0 Å². The number of rotatable bonds is 2. The summed E-state index contributed by atoms with van der Waals surface area (Å²) in [6, 6.07) is 0. The van der Waals surface area contributed by atoms with Gasteiger partial charge in [-0.05, 0) is 40.0 Å². The lowest BCUT2D eigenvalue weighted by atomic mass is 9.95. The zero-order valence-corrected chi connectivity index (χ0v) is 8.26. The molecule has 69 valence electrons. The SMILES string of the molecule is C=CCC1(C)CCC(C)(C)N1[O]. The van der Waals surface area contributed by atoms with E-state index >= 15 is 0 Å². The second kappa shape index (κ2) is 2.86. The van der Waals surface area contributed by atoms with E-state index in [9.17, 15) is 5.21 Å². The van der Waals surface area contributed by atoms with Crippen molar-refractivity contribution in [2.45, 2.75) is 51.1 Å². The van der Waals surface area contributed by atoms with Crippen molar-refractivity contribution in [1.82, 2.24) is 5.06 Å². The molecule has 1 unspecified atom stereocenters. The van der Waals surface area contributed by atoms with E-state index in [1.54, 1.807) is 0 Å². The Morgan fingerprint density at radius 1 is 1.42 bits per heavy atom. The highest BCUT2D eigenvalue weighted by molar-refractivity contribution is 5.01. The Balaban J connectivity index is 2.77. The summed E-state index contributed by atoms with van der Waals surface area (Å²) in [6.45, 7) is 9.73. The molecule has 1 rings (SSSR count). The van der Waals surface area contributed by atoms with Gasteiger partial charge < -0.3 is 0 Å². The maximum atomic E-state index is 11.8. The summed E-state index contributed by atoms with van der Waals surface area (Å²) in [4.78, 5) is 0. The molecule has 1 aliphatic rings. The molecule has 2 nitrogen and oxygen atoms in total. The molecule has 0 amide bonds. The zero-order valence-electron chi connectivity index (χ0n) is 8.26. The molecule has 0 aromatic carbocycles. The third kappa shape index (κ3) is 1.41. The molecule has 12 heavy (non-hydrogen) atoms. The Morgan fingerprint density at radius 3 is 2.33 bits per heavy atom. The number of hydroxylamine groups is 2. The van der Waals surface area contributed by atoms with E-state index in [0.717, 1.165) is 19.3 Å². The van der Waals surface area contributed by atoms with Crippen LogP contribution in [-0.2, 0) is 5.21 Å². The highest BCUT2D eigenvalue weighted by atomic mass is 16.5. The van der Waals surface area contributed by atoms with Crippen LogP contribution in [0.15, 0.2) is 12.7 Å². The lowest BCUT2D eigenvalue weighted by molar-refractivity contribution is -0.247. The average molecular weight is 168 g/mol. The van der Waals surface area contributed by atoms with Crippen LogP contribution < -0.4 is 0 Å². The Bertz CT molecular complexity index is 188. The molecule has 0 saturated carbocycles. The molecule has 0 bridgehead atoms. The van der Waals surface area contributed by atoms with Crippen molar-refractivity contribution < 1.29 is 5.21 Å². The average Bonchev–Trinajstić information content (AvgIpc) is 2.17. The number of hydrogen-bond donors (Lipinski definition) is 0. The predicted octanol–water partition coefficient (Wildman–Crippen LogP) is 2.54. The van der Waals surface area contributed by atoms with E-state index in [1.807, 2.05) is 26.8 Å². The van der Waals surface area contributed by atoms with Gasteiger partial charge in [-0.3, -0.25) is 0 Å². The lowest BCUT2D eigenvalue weighted by Crippen LogP contribution is -2.46. The fourth-order valence-electron chi connectivity index (χ4n) is 2.00. The van der Waals surface area contributed by atoms with Crippen molar-refractivity contribution in [3.8, 4) is 0 Å². The summed E-state index contributed by atoms with van der Waals surface area (Å²) >= 11 is 0. The van der Waals surface area contributed by atoms with Crippen LogP contribution in [0.2, 0.25) is 0 Å². The van der Waals surface area contributed by atoms with Crippen LogP contribution in [-0.4, -0.2) is 16.1 Å². The molecule has 1 fully saturated rings. The van der Waals surface area contributed by atoms with Gasteiger partial charge in [0.05, 0.1) is 5.54 Å². The first-order valence-electron chi connectivity index (χ1n) is 4.51. The summed E-state index contributed by atoms with van der Waals surface area (Å²) in [6.07, 6.45) is 4.60. The maximum absolute atomic E-state index is 11.8. The van der Waals surface area contributed by atoms with Gasteiger partial charge in [0.15, 0.2) is 0 Å². The van der Waals surface area contributed by atoms with Gasteiger partial charge in [-0.15, -0.1) is 16.8 Å². The first-order chi connectivity index (χ1) is 5.42. The van der Waals surface area contributed by atoms with Gasteiger partial charge in [-0.1, -0.05) is 6.08 Å². The van der Waals surface area contributed by atoms with Crippen LogP contribution >= 0.6 is 0 Å². The van der Waals surface area contributed by atoms with E-state index in [1.165, 1.54) is 5.06 Å². The first-order valence-corrected chi connectivity index (χ1v) is 4.51. The Labute approximate surface area is 74.8 Å². The molecule has 1 saturated heterocycles. The third-order valence-corrected chi connectivity index (χ3v) is 2.90. The topological polar surface area (TPSA) is 23.1 Å². The predicted molar refractivity (Wildman–Crippen MR) is 49.1 cm³/mol. The quantitative estimate of drug-likeness (QED) is 0.581. The van der Waals surface area contributed by atoms with Crippen LogP contribution in [0.3, 0.4) is 0 Å². The molecule has 0 aromatic heterocycles. The van der Waals surface area contributed by atoms with Gasteiger partial charge in [0.1, 0.15) is 0 Å². The molecule has 1 aliphatic heterocycles. The monoisotopic (exact) mass is 168 g/mol. The molecule has 0 aliphatic carbocycles. The fourth-order valence-corrected chi connectivity index (χ4v) is 2.00. The molecule has 0 spiro atoms. The minimum Gasteiger partial charge on any atom is -0.143 e. The second-order valence-electron chi connectivity index (χ2n) is 4.60. The summed E-state index contributed by atoms with van der Waals surface area (Å²) in [5, 5.41) is 13.1. The van der Waals surface area contributed by atoms with E-state index in [4.69, 9.17) is 0 Å². The highest BCUT2D eigenvalue weighted by Gasteiger charge is 2.47. The fraction of sp³-hybridized carbons (Fsp3) is 0.800. The van der Waals surface area contributed by atoms with Gasteiger partial charge in [0, 0.05) is 5.54 Å². The van der Waals surface area contributed by atoms with E-state index in [2.05, 4.69) is 6.58 Å². The molecule has 0 N–H and O–H groups in total. The molecule has 1 radical (unpaired) electrons. The summed E-state index contributed by atoms with van der Waals surface area (Å²) < 4.78 is 0. The molecule has 0 aromatic rings. The number of hydrogen-bond acceptors (Lipinski definition) is 1. The Hall–Kier alpha value is -0.340. The summed E-state index contributed by atoms with van der Waals surface area (Å²) in [5.74, 6) is 0. The standard InChI is InChI=1S/C10H18NO/c1-5-6-10(4)8-7-9(2,3)11(10)12/h5H,1,6-8H2,2-4H3. The first kappa shape index (κ1) is 9.75. The van der Waals surface area contributed by atoms with E-state index in [0.29, 0.717) is 0 Å². The third-order valence-electron chi connectivity index (χ3n) is 2.90. The maximum Gasteiger partial charge on any atom is 0.0506 e. The zero-order chi connectivity index (χ0) is 9.41. The Morgan fingerprint density at radius 2 is 2.00 bits per heavy atom. The van der Waals surface area contributed by atoms with Crippen molar-refractivity contribution in [3.63, 3.8) is 0 Å².